The number of rotatable bonds is 2. The van der Waals surface area contributed by atoms with E-state index >= 15 is 0 Å². The highest BCUT2D eigenvalue weighted by Crippen LogP contribution is 2.27. The van der Waals surface area contributed by atoms with Gasteiger partial charge in [0, 0.05) is 15.7 Å². The molecule has 0 aliphatic rings. The number of aryl methyl sites for hydroxylation is 1. The quantitative estimate of drug-likeness (QED) is 0.845. The highest BCUT2D eigenvalue weighted by Gasteiger charge is 2.04. The van der Waals surface area contributed by atoms with Crippen molar-refractivity contribution in [3.05, 3.63) is 57.6 Å². The second-order valence-electron chi connectivity index (χ2n) is 3.94. The van der Waals surface area contributed by atoms with Gasteiger partial charge in [0.2, 0.25) is 0 Å². The third-order valence-electron chi connectivity index (χ3n) is 2.44. The summed E-state index contributed by atoms with van der Waals surface area (Å²) in [7, 11) is 0. The van der Waals surface area contributed by atoms with Gasteiger partial charge in [-0.1, -0.05) is 29.3 Å². The molecular weight excluding hydrogens is 267 g/mol. The third kappa shape index (κ3) is 2.95. The van der Waals surface area contributed by atoms with Gasteiger partial charge in [0.1, 0.15) is 6.07 Å². The molecule has 0 aliphatic carbocycles. The molecule has 0 saturated heterocycles. The molecule has 2 rings (SSSR count). The Hall–Kier alpha value is -1.69. The predicted octanol–water partition coefficient (Wildman–Crippen LogP) is 4.92. The zero-order valence-corrected chi connectivity index (χ0v) is 11.2. The highest BCUT2D eigenvalue weighted by molar-refractivity contribution is 6.35. The lowest BCUT2D eigenvalue weighted by Crippen LogP contribution is -1.94. The van der Waals surface area contributed by atoms with Crippen molar-refractivity contribution in [1.29, 1.82) is 5.26 Å². The maximum Gasteiger partial charge on any atom is 0.101 e. The van der Waals surface area contributed by atoms with Gasteiger partial charge in [0.15, 0.2) is 0 Å². The number of hydrogen-bond donors (Lipinski definition) is 1. The normalized spacial score (nSPS) is 9.89. The number of halogens is 2. The van der Waals surface area contributed by atoms with Gasteiger partial charge in [0.05, 0.1) is 11.3 Å². The van der Waals surface area contributed by atoms with Gasteiger partial charge in [-0.25, -0.2) is 0 Å². The standard InChI is InChI=1S/C14H10Cl2N2/c1-9-2-3-10(8-17)14(4-9)18-13-6-11(15)5-12(16)7-13/h2-7,18H,1H3. The molecule has 90 valence electrons. The fraction of sp³-hybridized carbons (Fsp3) is 0.0714. The van der Waals surface area contributed by atoms with Gasteiger partial charge in [-0.15, -0.1) is 0 Å². The molecule has 4 heteroatoms. The molecule has 0 heterocycles. The van der Waals surface area contributed by atoms with Gasteiger partial charge in [-0.2, -0.15) is 5.26 Å². The summed E-state index contributed by atoms with van der Waals surface area (Å²) >= 11 is 11.9. The zero-order valence-electron chi connectivity index (χ0n) is 9.67. The molecular formula is C14H10Cl2N2. The number of anilines is 2. The molecule has 0 aliphatic heterocycles. The van der Waals surface area contributed by atoms with Gasteiger partial charge >= 0.3 is 0 Å². The second-order valence-corrected chi connectivity index (χ2v) is 4.82. The van der Waals surface area contributed by atoms with Crippen molar-refractivity contribution in [2.24, 2.45) is 0 Å². The van der Waals surface area contributed by atoms with Crippen molar-refractivity contribution >= 4 is 34.6 Å². The topological polar surface area (TPSA) is 35.8 Å². The van der Waals surface area contributed by atoms with E-state index < -0.39 is 0 Å². The van der Waals surface area contributed by atoms with Crippen molar-refractivity contribution in [3.63, 3.8) is 0 Å². The lowest BCUT2D eigenvalue weighted by Gasteiger charge is -2.10. The van der Waals surface area contributed by atoms with E-state index in [0.717, 1.165) is 16.9 Å². The largest absolute Gasteiger partial charge is 0.354 e. The minimum Gasteiger partial charge on any atom is -0.354 e. The Morgan fingerprint density at radius 1 is 1.06 bits per heavy atom. The zero-order chi connectivity index (χ0) is 13.1. The van der Waals surface area contributed by atoms with Crippen LogP contribution in [0.5, 0.6) is 0 Å². The van der Waals surface area contributed by atoms with Gasteiger partial charge in [0.25, 0.3) is 0 Å². The van der Waals surface area contributed by atoms with E-state index in [-0.39, 0.29) is 0 Å². The first-order valence-electron chi connectivity index (χ1n) is 5.32. The predicted molar refractivity (Wildman–Crippen MR) is 75.6 cm³/mol. The van der Waals surface area contributed by atoms with E-state index in [0.29, 0.717) is 15.6 Å². The van der Waals surface area contributed by atoms with Gasteiger partial charge in [-0.05, 0) is 42.8 Å². The van der Waals surface area contributed by atoms with E-state index in [4.69, 9.17) is 28.5 Å². The summed E-state index contributed by atoms with van der Waals surface area (Å²) in [4.78, 5) is 0. The number of hydrogen-bond acceptors (Lipinski definition) is 2. The Labute approximate surface area is 116 Å². The molecule has 0 bridgehead atoms. The fourth-order valence-corrected chi connectivity index (χ4v) is 2.17. The lowest BCUT2D eigenvalue weighted by atomic mass is 10.1. The summed E-state index contributed by atoms with van der Waals surface area (Å²) in [5.41, 5.74) is 3.16. The van der Waals surface area contributed by atoms with E-state index in [2.05, 4.69) is 11.4 Å². The van der Waals surface area contributed by atoms with Crippen LogP contribution in [0.3, 0.4) is 0 Å². The Morgan fingerprint density at radius 3 is 2.33 bits per heavy atom. The van der Waals surface area contributed by atoms with E-state index in [9.17, 15) is 0 Å². The molecule has 0 saturated carbocycles. The van der Waals surface area contributed by atoms with E-state index in [1.165, 1.54) is 0 Å². The smallest absolute Gasteiger partial charge is 0.101 e. The minimum atomic E-state index is 0.552. The van der Waals surface area contributed by atoms with Crippen molar-refractivity contribution < 1.29 is 0 Å². The third-order valence-corrected chi connectivity index (χ3v) is 2.87. The average Bonchev–Trinajstić information content (AvgIpc) is 2.27. The van der Waals surface area contributed by atoms with Crippen LogP contribution in [0.1, 0.15) is 11.1 Å². The maximum atomic E-state index is 9.05. The summed E-state index contributed by atoms with van der Waals surface area (Å²) < 4.78 is 0. The highest BCUT2D eigenvalue weighted by atomic mass is 35.5. The van der Waals surface area contributed by atoms with E-state index in [1.807, 2.05) is 19.1 Å². The Kier molecular flexibility index (Phi) is 3.76. The minimum absolute atomic E-state index is 0.552. The summed E-state index contributed by atoms with van der Waals surface area (Å²) in [5.74, 6) is 0. The summed E-state index contributed by atoms with van der Waals surface area (Å²) in [6, 6.07) is 12.9. The first kappa shape index (κ1) is 12.8. The number of nitrogens with one attached hydrogen (secondary N) is 1. The molecule has 0 amide bonds. The second kappa shape index (κ2) is 5.30. The molecule has 0 aromatic heterocycles. The van der Waals surface area contributed by atoms with Crippen LogP contribution in [0.25, 0.3) is 0 Å². The lowest BCUT2D eigenvalue weighted by molar-refractivity contribution is 1.41. The molecule has 0 unspecified atom stereocenters. The van der Waals surface area contributed by atoms with Crippen molar-refractivity contribution in [2.75, 3.05) is 5.32 Å². The molecule has 0 spiro atoms. The van der Waals surface area contributed by atoms with E-state index in [1.54, 1.807) is 24.3 Å². The number of nitriles is 1. The van der Waals surface area contributed by atoms with Crippen molar-refractivity contribution in [2.45, 2.75) is 6.92 Å². The van der Waals surface area contributed by atoms with Crippen LogP contribution >= 0.6 is 23.2 Å². The molecule has 2 aromatic carbocycles. The molecule has 0 atom stereocenters. The molecule has 0 fully saturated rings. The Bertz CT molecular complexity index is 610. The number of benzene rings is 2. The first-order chi connectivity index (χ1) is 8.58. The maximum absolute atomic E-state index is 9.05. The van der Waals surface area contributed by atoms with Crippen LogP contribution in [0.15, 0.2) is 36.4 Å². The van der Waals surface area contributed by atoms with Gasteiger partial charge < -0.3 is 5.32 Å². The summed E-state index contributed by atoms with van der Waals surface area (Å²) in [6.45, 7) is 1.97. The first-order valence-corrected chi connectivity index (χ1v) is 6.08. The Balaban J connectivity index is 2.39. The Morgan fingerprint density at radius 2 is 1.72 bits per heavy atom. The average molecular weight is 277 g/mol. The van der Waals surface area contributed by atoms with Gasteiger partial charge in [-0.3, -0.25) is 0 Å². The summed E-state index contributed by atoms with van der Waals surface area (Å²) in [5, 5.41) is 13.3. The van der Waals surface area contributed by atoms with Crippen LogP contribution in [0.4, 0.5) is 11.4 Å². The monoisotopic (exact) mass is 276 g/mol. The van der Waals surface area contributed by atoms with Crippen molar-refractivity contribution in [1.82, 2.24) is 0 Å². The van der Waals surface area contributed by atoms with Crippen LogP contribution in [-0.2, 0) is 0 Å². The van der Waals surface area contributed by atoms with Crippen molar-refractivity contribution in [3.8, 4) is 6.07 Å². The van der Waals surface area contributed by atoms with Crippen LogP contribution in [0, 0.1) is 18.3 Å². The fourth-order valence-electron chi connectivity index (χ4n) is 1.64. The molecule has 1 N–H and O–H groups in total. The molecule has 2 nitrogen and oxygen atoms in total. The van der Waals surface area contributed by atoms with Crippen LogP contribution in [-0.4, -0.2) is 0 Å². The SMILES string of the molecule is Cc1ccc(C#N)c(Nc2cc(Cl)cc(Cl)c2)c1. The number of nitrogens with zero attached hydrogens (tertiary/aromatic N) is 1. The van der Waals surface area contributed by atoms with Crippen LogP contribution < -0.4 is 5.32 Å². The molecule has 18 heavy (non-hydrogen) atoms. The molecule has 0 radical (unpaired) electrons. The van der Waals surface area contributed by atoms with Crippen LogP contribution in [0.2, 0.25) is 10.0 Å². The summed E-state index contributed by atoms with van der Waals surface area (Å²) in [6.07, 6.45) is 0. The molecule has 2 aromatic rings.